The number of hydrazone groups is 1. The molecule has 0 saturated carbocycles. The number of pyridine rings is 1. The monoisotopic (exact) mass is 378 g/mol. The highest BCUT2D eigenvalue weighted by atomic mass is 35.5. The number of nitrogens with zero attached hydrogens (tertiary/aromatic N) is 3. The van der Waals surface area contributed by atoms with E-state index in [1.165, 1.54) is 18.3 Å². The summed E-state index contributed by atoms with van der Waals surface area (Å²) in [4.78, 5) is 26.3. The van der Waals surface area contributed by atoms with Crippen LogP contribution in [0.5, 0.6) is 0 Å². The van der Waals surface area contributed by atoms with Crippen molar-refractivity contribution in [1.82, 2.24) is 10.4 Å². The summed E-state index contributed by atoms with van der Waals surface area (Å²) < 4.78 is 10.7. The average Bonchev–Trinajstić information content (AvgIpc) is 3.00. The fraction of sp³-hybridized carbons (Fsp3) is 0.312. The zero-order valence-corrected chi connectivity index (χ0v) is 14.5. The molecule has 1 aliphatic heterocycles. The molecule has 1 fully saturated rings. The van der Waals surface area contributed by atoms with Crippen LogP contribution in [0.15, 0.2) is 29.4 Å². The molecule has 136 valence electrons. The Labute approximate surface area is 153 Å². The number of hydrogen-bond acceptors (Lipinski definition) is 7. The molecule has 2 aromatic rings. The van der Waals surface area contributed by atoms with Crippen molar-refractivity contribution in [3.8, 4) is 0 Å². The van der Waals surface area contributed by atoms with Crippen molar-refractivity contribution < 1.29 is 19.2 Å². The van der Waals surface area contributed by atoms with Crippen LogP contribution in [0.2, 0.25) is 5.15 Å². The second-order valence-electron chi connectivity index (χ2n) is 5.80. The van der Waals surface area contributed by atoms with Gasteiger partial charge in [-0.2, -0.15) is 5.10 Å². The number of non-ortho nitro benzene ring substituents is 1. The van der Waals surface area contributed by atoms with Gasteiger partial charge in [0.25, 0.3) is 5.69 Å². The summed E-state index contributed by atoms with van der Waals surface area (Å²) in [5, 5.41) is 15.4. The van der Waals surface area contributed by atoms with Crippen LogP contribution in [0.4, 0.5) is 5.69 Å². The van der Waals surface area contributed by atoms with Crippen molar-refractivity contribution in [3.63, 3.8) is 0 Å². The van der Waals surface area contributed by atoms with Gasteiger partial charge in [0.2, 0.25) is 5.91 Å². The van der Waals surface area contributed by atoms with Crippen molar-refractivity contribution in [2.24, 2.45) is 5.10 Å². The van der Waals surface area contributed by atoms with Gasteiger partial charge >= 0.3 is 0 Å². The van der Waals surface area contributed by atoms with Crippen molar-refractivity contribution >= 4 is 40.3 Å². The third-order valence-corrected chi connectivity index (χ3v) is 4.07. The molecule has 1 aromatic carbocycles. The molecule has 2 heterocycles. The normalized spacial score (nSPS) is 16.2. The number of benzene rings is 1. The molecule has 1 aromatic heterocycles. The van der Waals surface area contributed by atoms with Crippen LogP contribution in [0, 0.1) is 10.1 Å². The number of aromatic nitrogens is 1. The SMILES string of the molecule is CC1(CC(=O)N/N=C\c2cc3ccc([N+](=O)[O-])cc3nc2Cl)OCCO1. The topological polar surface area (TPSA) is 116 Å². The predicted molar refractivity (Wildman–Crippen MR) is 94.1 cm³/mol. The fourth-order valence-corrected chi connectivity index (χ4v) is 2.71. The smallest absolute Gasteiger partial charge is 0.271 e. The number of fused-ring (bicyclic) bond motifs is 1. The summed E-state index contributed by atoms with van der Waals surface area (Å²) in [7, 11) is 0. The number of nitro groups is 1. The lowest BCUT2D eigenvalue weighted by Gasteiger charge is -2.20. The largest absolute Gasteiger partial charge is 0.347 e. The maximum Gasteiger partial charge on any atom is 0.271 e. The Hall–Kier alpha value is -2.62. The highest BCUT2D eigenvalue weighted by Crippen LogP contribution is 2.24. The quantitative estimate of drug-likeness (QED) is 0.369. The first-order chi connectivity index (χ1) is 12.4. The first-order valence-corrected chi connectivity index (χ1v) is 8.09. The van der Waals surface area contributed by atoms with Gasteiger partial charge in [-0.15, -0.1) is 0 Å². The second kappa shape index (κ2) is 7.32. The third-order valence-electron chi connectivity index (χ3n) is 3.77. The number of hydrogen-bond donors (Lipinski definition) is 1. The van der Waals surface area contributed by atoms with Crippen molar-refractivity contribution in [1.29, 1.82) is 0 Å². The van der Waals surface area contributed by atoms with Crippen LogP contribution >= 0.6 is 11.6 Å². The van der Waals surface area contributed by atoms with Gasteiger partial charge in [0, 0.05) is 23.1 Å². The van der Waals surface area contributed by atoms with E-state index in [4.69, 9.17) is 21.1 Å². The Morgan fingerprint density at radius 1 is 1.46 bits per heavy atom. The lowest BCUT2D eigenvalue weighted by molar-refractivity contribution is -0.384. The molecule has 26 heavy (non-hydrogen) atoms. The number of rotatable bonds is 5. The van der Waals surface area contributed by atoms with Gasteiger partial charge in [0.05, 0.1) is 36.3 Å². The standard InChI is InChI=1S/C16H15ClN4O5/c1-16(25-4-5-26-16)8-14(22)20-18-9-11-6-10-2-3-12(21(23)24)7-13(10)19-15(11)17/h2-3,6-7,9H,4-5,8H2,1H3,(H,20,22)/b18-9-. The molecule has 3 rings (SSSR count). The summed E-state index contributed by atoms with van der Waals surface area (Å²) in [6, 6.07) is 5.96. The molecule has 1 amide bonds. The molecule has 0 aliphatic carbocycles. The highest BCUT2D eigenvalue weighted by Gasteiger charge is 2.33. The molecular weight excluding hydrogens is 364 g/mol. The summed E-state index contributed by atoms with van der Waals surface area (Å²) in [6.45, 7) is 2.58. The van der Waals surface area contributed by atoms with Crippen LogP contribution < -0.4 is 5.43 Å². The lowest BCUT2D eigenvalue weighted by Crippen LogP contribution is -2.33. The molecule has 1 N–H and O–H groups in total. The molecule has 0 unspecified atom stereocenters. The van der Waals surface area contributed by atoms with E-state index in [9.17, 15) is 14.9 Å². The summed E-state index contributed by atoms with van der Waals surface area (Å²) in [6.07, 6.45) is 1.37. The van der Waals surface area contributed by atoms with E-state index in [1.807, 2.05) is 0 Å². The summed E-state index contributed by atoms with van der Waals surface area (Å²) in [5.41, 5.74) is 3.17. The van der Waals surface area contributed by atoms with Crippen LogP contribution in [0.25, 0.3) is 10.9 Å². The van der Waals surface area contributed by atoms with Gasteiger partial charge in [-0.05, 0) is 19.1 Å². The highest BCUT2D eigenvalue weighted by molar-refractivity contribution is 6.32. The average molecular weight is 379 g/mol. The Kier molecular flexibility index (Phi) is 5.12. The van der Waals surface area contributed by atoms with Crippen LogP contribution in [-0.2, 0) is 14.3 Å². The van der Waals surface area contributed by atoms with Gasteiger partial charge in [-0.25, -0.2) is 10.4 Å². The van der Waals surface area contributed by atoms with E-state index in [2.05, 4.69) is 15.5 Å². The zero-order valence-electron chi connectivity index (χ0n) is 13.8. The van der Waals surface area contributed by atoms with E-state index in [0.29, 0.717) is 29.7 Å². The molecule has 10 heteroatoms. The Balaban J connectivity index is 1.70. The van der Waals surface area contributed by atoms with Gasteiger partial charge in [0.1, 0.15) is 5.15 Å². The van der Waals surface area contributed by atoms with E-state index in [1.54, 1.807) is 19.1 Å². The maximum absolute atomic E-state index is 11.9. The van der Waals surface area contributed by atoms with E-state index >= 15 is 0 Å². The van der Waals surface area contributed by atoms with E-state index in [-0.39, 0.29) is 23.2 Å². The number of amides is 1. The Morgan fingerprint density at radius 3 is 2.88 bits per heavy atom. The van der Waals surface area contributed by atoms with Crippen LogP contribution in [-0.4, -0.2) is 41.0 Å². The van der Waals surface area contributed by atoms with E-state index in [0.717, 1.165) is 0 Å². The molecule has 0 radical (unpaired) electrons. The van der Waals surface area contributed by atoms with Gasteiger partial charge in [0.15, 0.2) is 5.79 Å². The third kappa shape index (κ3) is 4.13. The number of carbonyl (C=O) groups is 1. The minimum atomic E-state index is -0.934. The number of ether oxygens (including phenoxy) is 2. The summed E-state index contributed by atoms with van der Waals surface area (Å²) in [5.74, 6) is -1.30. The predicted octanol–water partition coefficient (Wildman–Crippen LogP) is 2.40. The number of nitrogens with one attached hydrogen (secondary N) is 1. The lowest BCUT2D eigenvalue weighted by atomic mass is 10.1. The number of nitro benzene ring substituents is 1. The first-order valence-electron chi connectivity index (χ1n) is 7.71. The zero-order chi connectivity index (χ0) is 18.7. The number of halogens is 1. The first kappa shape index (κ1) is 18.2. The maximum atomic E-state index is 11.9. The second-order valence-corrected chi connectivity index (χ2v) is 6.16. The molecule has 0 bridgehead atoms. The molecule has 9 nitrogen and oxygen atoms in total. The van der Waals surface area contributed by atoms with Gasteiger partial charge < -0.3 is 9.47 Å². The minimum Gasteiger partial charge on any atom is -0.347 e. The minimum absolute atomic E-state index is 0.0116. The van der Waals surface area contributed by atoms with Crippen molar-refractivity contribution in [3.05, 3.63) is 45.1 Å². The van der Waals surface area contributed by atoms with Crippen molar-refractivity contribution in [2.75, 3.05) is 13.2 Å². The van der Waals surface area contributed by atoms with Gasteiger partial charge in [-0.1, -0.05) is 11.6 Å². The molecule has 0 atom stereocenters. The molecular formula is C16H15ClN4O5. The van der Waals surface area contributed by atoms with E-state index < -0.39 is 10.7 Å². The van der Waals surface area contributed by atoms with Crippen molar-refractivity contribution in [2.45, 2.75) is 19.1 Å². The molecule has 1 aliphatic rings. The fourth-order valence-electron chi connectivity index (χ4n) is 2.52. The van der Waals surface area contributed by atoms with Crippen LogP contribution in [0.1, 0.15) is 18.9 Å². The Bertz CT molecular complexity index is 896. The molecule has 1 saturated heterocycles. The molecule has 0 spiro atoms. The Morgan fingerprint density at radius 2 is 2.19 bits per heavy atom. The van der Waals surface area contributed by atoms with Crippen LogP contribution in [0.3, 0.4) is 0 Å². The number of carbonyl (C=O) groups excluding carboxylic acids is 1. The van der Waals surface area contributed by atoms with Gasteiger partial charge in [-0.3, -0.25) is 14.9 Å². The summed E-state index contributed by atoms with van der Waals surface area (Å²) >= 11 is 6.09.